The molecule has 212 valence electrons. The molecule has 0 atom stereocenters. The molecule has 0 radical (unpaired) electrons. The van der Waals surface area contributed by atoms with Gasteiger partial charge < -0.3 is 20.9 Å². The van der Waals surface area contributed by atoms with Crippen LogP contribution >= 0.6 is 11.3 Å². The Kier molecular flexibility index (Phi) is 11.5. The van der Waals surface area contributed by atoms with Gasteiger partial charge in [-0.3, -0.25) is 9.59 Å². The first-order valence-corrected chi connectivity index (χ1v) is 14.5. The minimum atomic E-state index is -0.542. The van der Waals surface area contributed by atoms with Crippen LogP contribution in [0.15, 0.2) is 66.7 Å². The van der Waals surface area contributed by atoms with Crippen LogP contribution in [0.3, 0.4) is 0 Å². The van der Waals surface area contributed by atoms with Crippen LogP contribution in [0.4, 0.5) is 10.9 Å². The molecule has 0 saturated carbocycles. The summed E-state index contributed by atoms with van der Waals surface area (Å²) in [5.41, 5.74) is 3.83. The zero-order valence-electron chi connectivity index (χ0n) is 23.0. The first-order chi connectivity index (χ1) is 19.9. The Bertz CT molecular complexity index is 1400. The maximum atomic E-state index is 12.5. The van der Waals surface area contributed by atoms with Crippen LogP contribution in [0.5, 0.6) is 0 Å². The van der Waals surface area contributed by atoms with E-state index < -0.39 is 7.05 Å². The van der Waals surface area contributed by atoms with Crippen molar-refractivity contribution in [2.45, 2.75) is 51.8 Å². The molecule has 2 amide bonds. The Morgan fingerprint density at radius 3 is 2.29 bits per heavy atom. The third-order valence-electron chi connectivity index (χ3n) is 6.19. The van der Waals surface area contributed by atoms with Crippen molar-refractivity contribution in [1.82, 2.24) is 25.6 Å². The summed E-state index contributed by atoms with van der Waals surface area (Å²) in [6.45, 7) is 2.35. The fraction of sp³-hybridized carbons (Fsp3) is 0.310. The maximum Gasteiger partial charge on any atom is 0.373 e. The average Bonchev–Trinajstić information content (AvgIpc) is 3.39. The molecule has 0 unspecified atom stereocenters. The molecule has 0 spiro atoms. The summed E-state index contributed by atoms with van der Waals surface area (Å²) < 4.78 is 0. The van der Waals surface area contributed by atoms with E-state index in [9.17, 15) is 14.6 Å². The zero-order valence-corrected chi connectivity index (χ0v) is 23.9. The number of aryl methyl sites for hydroxylation is 2. The van der Waals surface area contributed by atoms with Crippen LogP contribution in [-0.2, 0) is 41.7 Å². The first-order valence-electron chi connectivity index (χ1n) is 13.7. The van der Waals surface area contributed by atoms with Crippen molar-refractivity contribution in [3.8, 4) is 0 Å². The summed E-state index contributed by atoms with van der Waals surface area (Å²) in [4.78, 5) is 24.7. The highest BCUT2D eigenvalue weighted by Gasteiger charge is 2.11. The molecule has 0 fully saturated rings. The number of unbranched alkanes of at least 4 members (excludes halogenated alkanes) is 1. The number of nitrogens with one attached hydrogen (secondary N) is 3. The van der Waals surface area contributed by atoms with E-state index in [0.29, 0.717) is 23.9 Å². The van der Waals surface area contributed by atoms with Gasteiger partial charge in [-0.2, -0.15) is 5.10 Å². The van der Waals surface area contributed by atoms with Crippen molar-refractivity contribution < 1.29 is 14.6 Å². The lowest BCUT2D eigenvalue weighted by atomic mass is 9.88. The molecule has 10 nitrogen and oxygen atoms in total. The monoisotopic (exact) mass is 571 g/mol. The van der Waals surface area contributed by atoms with Gasteiger partial charge in [-0.05, 0) is 67.9 Å². The van der Waals surface area contributed by atoms with Gasteiger partial charge in [0.25, 0.3) is 0 Å². The Morgan fingerprint density at radius 2 is 1.51 bits per heavy atom. The lowest BCUT2D eigenvalue weighted by Crippen LogP contribution is -2.32. The van der Waals surface area contributed by atoms with Gasteiger partial charge in [0.15, 0.2) is 5.82 Å². The van der Waals surface area contributed by atoms with Gasteiger partial charge in [0.2, 0.25) is 16.9 Å². The van der Waals surface area contributed by atoms with Crippen molar-refractivity contribution in [3.63, 3.8) is 0 Å². The maximum absolute atomic E-state index is 12.5. The highest BCUT2D eigenvalue weighted by Crippen LogP contribution is 2.18. The molecule has 0 saturated heterocycles. The number of amides is 2. The Balaban J connectivity index is 1.14. The molecule has 4 N–H and O–H groups in total. The van der Waals surface area contributed by atoms with Crippen molar-refractivity contribution in [3.05, 3.63) is 94.1 Å². The van der Waals surface area contributed by atoms with Crippen molar-refractivity contribution in [2.75, 3.05) is 17.2 Å². The van der Waals surface area contributed by atoms with Gasteiger partial charge in [0.1, 0.15) is 5.01 Å². The van der Waals surface area contributed by atoms with Crippen LogP contribution < -0.4 is 15.9 Å². The number of anilines is 2. The molecule has 0 aliphatic rings. The van der Waals surface area contributed by atoms with E-state index in [1.165, 1.54) is 11.3 Å². The average molecular weight is 572 g/mol. The predicted molar refractivity (Wildman–Crippen MR) is 162 cm³/mol. The summed E-state index contributed by atoms with van der Waals surface area (Å²) in [6, 6.07) is 21.1. The zero-order chi connectivity index (χ0) is 28.9. The lowest BCUT2D eigenvalue weighted by Gasteiger charge is -2.07. The number of carbonyl (C=O) groups is 2. The van der Waals surface area contributed by atoms with E-state index in [1.54, 1.807) is 12.9 Å². The molecule has 0 aliphatic heterocycles. The van der Waals surface area contributed by atoms with Crippen molar-refractivity contribution >= 4 is 41.2 Å². The number of aromatic nitrogens is 4. The SMILES string of the molecule is CB(O)NCCc1cccc(CC(=O)Nc2nnc(CCCCc3ccc(NC(=O)Cc4ccccc4)nn3)s2)c1. The van der Waals surface area contributed by atoms with Crippen LogP contribution in [0.1, 0.15) is 40.2 Å². The normalized spacial score (nSPS) is 10.8. The smallest absolute Gasteiger partial charge is 0.373 e. The molecule has 0 bridgehead atoms. The molecule has 0 aliphatic carbocycles. The molecule has 12 heteroatoms. The number of hydrogen-bond donors (Lipinski definition) is 4. The minimum Gasteiger partial charge on any atom is -0.437 e. The minimum absolute atomic E-state index is 0.127. The van der Waals surface area contributed by atoms with E-state index in [0.717, 1.165) is 59.5 Å². The highest BCUT2D eigenvalue weighted by atomic mass is 32.1. The molecule has 4 rings (SSSR count). The van der Waals surface area contributed by atoms with Gasteiger partial charge in [-0.25, -0.2) is 0 Å². The Morgan fingerprint density at radius 1 is 0.780 bits per heavy atom. The van der Waals surface area contributed by atoms with Gasteiger partial charge >= 0.3 is 7.05 Å². The van der Waals surface area contributed by atoms with Crippen LogP contribution in [0.25, 0.3) is 0 Å². The van der Waals surface area contributed by atoms with Gasteiger partial charge in [0.05, 0.1) is 18.5 Å². The van der Waals surface area contributed by atoms with Gasteiger partial charge in [0, 0.05) is 6.42 Å². The third-order valence-corrected chi connectivity index (χ3v) is 7.09. The van der Waals surface area contributed by atoms with Crippen LogP contribution in [0.2, 0.25) is 6.82 Å². The molecule has 2 aromatic carbocycles. The van der Waals surface area contributed by atoms with Gasteiger partial charge in [-0.1, -0.05) is 65.9 Å². The van der Waals surface area contributed by atoms with Crippen LogP contribution in [0, 0.1) is 0 Å². The van der Waals surface area contributed by atoms with E-state index >= 15 is 0 Å². The Hall–Kier alpha value is -4.00. The number of hydrogen-bond acceptors (Lipinski definition) is 9. The van der Waals surface area contributed by atoms with E-state index in [1.807, 2.05) is 60.7 Å². The number of nitrogens with zero attached hydrogens (tertiary/aromatic N) is 4. The molecular formula is C29H34BN7O3S. The summed E-state index contributed by atoms with van der Waals surface area (Å²) >= 11 is 1.39. The number of carbonyl (C=O) groups excluding carboxylic acids is 2. The second kappa shape index (κ2) is 15.7. The lowest BCUT2D eigenvalue weighted by molar-refractivity contribution is -0.116. The predicted octanol–water partition coefficient (Wildman–Crippen LogP) is 3.50. The summed E-state index contributed by atoms with van der Waals surface area (Å²) in [7, 11) is -0.542. The van der Waals surface area contributed by atoms with Crippen LogP contribution in [-0.4, -0.2) is 50.8 Å². The highest BCUT2D eigenvalue weighted by molar-refractivity contribution is 7.15. The van der Waals surface area contributed by atoms with Gasteiger partial charge in [-0.15, -0.1) is 15.3 Å². The molecule has 41 heavy (non-hydrogen) atoms. The van der Waals surface area contributed by atoms with Crippen molar-refractivity contribution in [2.24, 2.45) is 0 Å². The summed E-state index contributed by atoms with van der Waals surface area (Å²) in [5.74, 6) is 0.180. The molecule has 2 heterocycles. The largest absolute Gasteiger partial charge is 0.437 e. The van der Waals surface area contributed by atoms with E-state index in [-0.39, 0.29) is 18.2 Å². The fourth-order valence-electron chi connectivity index (χ4n) is 4.19. The second-order valence-corrected chi connectivity index (χ2v) is 10.8. The first kappa shape index (κ1) is 30.0. The molecular weight excluding hydrogens is 537 g/mol. The fourth-order valence-corrected chi connectivity index (χ4v) is 4.98. The van der Waals surface area contributed by atoms with E-state index in [4.69, 9.17) is 0 Å². The Labute approximate surface area is 244 Å². The van der Waals surface area contributed by atoms with E-state index in [2.05, 4.69) is 36.3 Å². The number of benzene rings is 2. The molecule has 2 aromatic heterocycles. The molecule has 4 aromatic rings. The third kappa shape index (κ3) is 10.8. The number of rotatable bonds is 15. The van der Waals surface area contributed by atoms with Crippen molar-refractivity contribution in [1.29, 1.82) is 0 Å². The second-order valence-electron chi connectivity index (χ2n) is 9.75. The summed E-state index contributed by atoms with van der Waals surface area (Å²) in [6.07, 6.45) is 4.64. The summed E-state index contributed by atoms with van der Waals surface area (Å²) in [5, 5.41) is 36.0. The quantitative estimate of drug-likeness (QED) is 0.126. The standard InChI is InChI=1S/C29H34BN7O3S/c1-30(40)31-17-16-22-10-7-11-23(18-22)20-27(39)33-29-37-36-28(41-29)13-6-5-12-24-14-15-25(35-34-24)32-26(38)19-21-8-3-2-4-9-21/h2-4,7-11,14-15,18,31,40H,5-6,12-13,16-17,19-20H2,1H3,(H,32,35,38)(H,33,37,39). The topological polar surface area (TPSA) is 142 Å².